The molecule has 0 aliphatic rings. The molecule has 86 valence electrons. The molecule has 0 aliphatic heterocycles. The Labute approximate surface area is 95.1 Å². The largest absolute Gasteiger partial charge is 0.468 e. The van der Waals surface area contributed by atoms with Crippen molar-refractivity contribution in [1.29, 1.82) is 0 Å². The predicted molar refractivity (Wildman–Crippen MR) is 61.9 cm³/mol. The van der Waals surface area contributed by atoms with E-state index in [0.29, 0.717) is 0 Å². The molecular formula is C12H17N3O. The number of aryl methyl sites for hydroxylation is 2. The summed E-state index contributed by atoms with van der Waals surface area (Å²) in [5.41, 5.74) is 8.30. The fourth-order valence-corrected chi connectivity index (χ4v) is 1.76. The van der Waals surface area contributed by atoms with Gasteiger partial charge in [0, 0.05) is 19.2 Å². The maximum atomic E-state index is 6.06. The van der Waals surface area contributed by atoms with Gasteiger partial charge in [-0.15, -0.1) is 0 Å². The Morgan fingerprint density at radius 1 is 1.56 bits per heavy atom. The number of furan rings is 1. The molecule has 2 aromatic heterocycles. The van der Waals surface area contributed by atoms with Gasteiger partial charge in [0.25, 0.3) is 0 Å². The van der Waals surface area contributed by atoms with Crippen LogP contribution >= 0.6 is 0 Å². The molecule has 0 bridgehead atoms. The fourth-order valence-electron chi connectivity index (χ4n) is 1.76. The Kier molecular flexibility index (Phi) is 3.10. The lowest BCUT2D eigenvalue weighted by Crippen LogP contribution is -2.14. The zero-order valence-electron chi connectivity index (χ0n) is 9.68. The van der Waals surface area contributed by atoms with Crippen LogP contribution in [0.25, 0.3) is 0 Å². The first-order valence-corrected chi connectivity index (χ1v) is 5.51. The summed E-state index contributed by atoms with van der Waals surface area (Å²) >= 11 is 0. The van der Waals surface area contributed by atoms with Gasteiger partial charge in [0.1, 0.15) is 5.76 Å². The van der Waals surface area contributed by atoms with Crippen molar-refractivity contribution in [2.24, 2.45) is 12.8 Å². The van der Waals surface area contributed by atoms with Gasteiger partial charge in [-0.1, -0.05) is 6.92 Å². The molecule has 4 heteroatoms. The van der Waals surface area contributed by atoms with Gasteiger partial charge in [0.2, 0.25) is 0 Å². The highest BCUT2D eigenvalue weighted by molar-refractivity contribution is 5.14. The van der Waals surface area contributed by atoms with E-state index in [9.17, 15) is 0 Å². The molecule has 2 N–H and O–H groups in total. The number of hydrogen-bond acceptors (Lipinski definition) is 3. The van der Waals surface area contributed by atoms with Crippen molar-refractivity contribution in [3.8, 4) is 0 Å². The summed E-state index contributed by atoms with van der Waals surface area (Å²) < 4.78 is 7.18. The Hall–Kier alpha value is -1.55. The molecule has 16 heavy (non-hydrogen) atoms. The summed E-state index contributed by atoms with van der Waals surface area (Å²) in [4.78, 5) is 0. The minimum atomic E-state index is -0.102. The van der Waals surface area contributed by atoms with Crippen LogP contribution in [0.1, 0.15) is 30.1 Å². The second-order valence-corrected chi connectivity index (χ2v) is 3.93. The van der Waals surface area contributed by atoms with E-state index in [2.05, 4.69) is 18.1 Å². The zero-order valence-corrected chi connectivity index (χ0v) is 9.68. The molecule has 1 unspecified atom stereocenters. The van der Waals surface area contributed by atoms with Crippen molar-refractivity contribution in [2.75, 3.05) is 0 Å². The summed E-state index contributed by atoms with van der Waals surface area (Å²) in [7, 11) is 1.95. The monoisotopic (exact) mass is 219 g/mol. The van der Waals surface area contributed by atoms with Gasteiger partial charge in [-0.05, 0) is 24.6 Å². The predicted octanol–water partition coefficient (Wildman–Crippen LogP) is 1.82. The van der Waals surface area contributed by atoms with Crippen molar-refractivity contribution in [1.82, 2.24) is 9.78 Å². The third-order valence-corrected chi connectivity index (χ3v) is 2.73. The van der Waals surface area contributed by atoms with E-state index in [1.807, 2.05) is 23.9 Å². The maximum Gasteiger partial charge on any atom is 0.120 e. The van der Waals surface area contributed by atoms with Gasteiger partial charge < -0.3 is 10.2 Å². The van der Waals surface area contributed by atoms with E-state index < -0.39 is 0 Å². The number of rotatable bonds is 4. The Bertz CT molecular complexity index is 445. The average Bonchev–Trinajstić information content (AvgIpc) is 2.88. The molecule has 2 heterocycles. The van der Waals surface area contributed by atoms with E-state index in [1.54, 1.807) is 6.26 Å². The lowest BCUT2D eigenvalue weighted by atomic mass is 10.1. The van der Waals surface area contributed by atoms with Crippen molar-refractivity contribution >= 4 is 0 Å². The molecule has 0 spiro atoms. The average molecular weight is 219 g/mol. The lowest BCUT2D eigenvalue weighted by Gasteiger charge is -2.08. The summed E-state index contributed by atoms with van der Waals surface area (Å²) in [5.74, 6) is 0.819. The zero-order chi connectivity index (χ0) is 11.5. The van der Waals surface area contributed by atoms with Crippen LogP contribution in [-0.2, 0) is 19.9 Å². The number of nitrogens with zero attached hydrogens (tertiary/aromatic N) is 2. The van der Waals surface area contributed by atoms with Gasteiger partial charge in [-0.25, -0.2) is 0 Å². The summed E-state index contributed by atoms with van der Waals surface area (Å²) in [6.45, 7) is 2.10. The number of nitrogens with two attached hydrogens (primary N) is 1. The van der Waals surface area contributed by atoms with Crippen molar-refractivity contribution in [2.45, 2.75) is 25.8 Å². The smallest absolute Gasteiger partial charge is 0.120 e. The maximum absolute atomic E-state index is 6.06. The Balaban J connectivity index is 2.11. The molecule has 0 amide bonds. The van der Waals surface area contributed by atoms with Crippen LogP contribution in [0.5, 0.6) is 0 Å². The SMILES string of the molecule is CCc1cc(CC(N)c2ccco2)n(C)n1. The first kappa shape index (κ1) is 11.0. The van der Waals surface area contributed by atoms with Gasteiger partial charge in [-0.2, -0.15) is 5.10 Å². The summed E-state index contributed by atoms with van der Waals surface area (Å²) in [5, 5.41) is 4.39. The minimum Gasteiger partial charge on any atom is -0.468 e. The normalized spacial score (nSPS) is 12.9. The topological polar surface area (TPSA) is 57.0 Å². The molecule has 4 nitrogen and oxygen atoms in total. The van der Waals surface area contributed by atoms with Crippen LogP contribution in [0.3, 0.4) is 0 Å². The number of aromatic nitrogens is 2. The van der Waals surface area contributed by atoms with Crippen LogP contribution in [0.2, 0.25) is 0 Å². The minimum absolute atomic E-state index is 0.102. The molecule has 0 saturated carbocycles. The second kappa shape index (κ2) is 4.53. The van der Waals surface area contributed by atoms with Crippen LogP contribution in [0.4, 0.5) is 0 Å². The van der Waals surface area contributed by atoms with Crippen LogP contribution in [0.15, 0.2) is 28.9 Å². The Morgan fingerprint density at radius 2 is 2.38 bits per heavy atom. The third kappa shape index (κ3) is 2.17. The van der Waals surface area contributed by atoms with Crippen LogP contribution in [-0.4, -0.2) is 9.78 Å². The molecule has 2 rings (SSSR count). The highest BCUT2D eigenvalue weighted by atomic mass is 16.3. The van der Waals surface area contributed by atoms with Gasteiger partial charge in [-0.3, -0.25) is 4.68 Å². The van der Waals surface area contributed by atoms with E-state index in [0.717, 1.165) is 30.0 Å². The van der Waals surface area contributed by atoms with Crippen LogP contribution < -0.4 is 5.73 Å². The molecule has 0 fully saturated rings. The lowest BCUT2D eigenvalue weighted by molar-refractivity contribution is 0.459. The van der Waals surface area contributed by atoms with E-state index in [1.165, 1.54) is 0 Å². The van der Waals surface area contributed by atoms with Crippen molar-refractivity contribution < 1.29 is 4.42 Å². The Morgan fingerprint density at radius 3 is 2.94 bits per heavy atom. The first-order valence-electron chi connectivity index (χ1n) is 5.51. The molecule has 2 aromatic rings. The first-order chi connectivity index (χ1) is 7.70. The quantitative estimate of drug-likeness (QED) is 0.853. The van der Waals surface area contributed by atoms with E-state index >= 15 is 0 Å². The number of hydrogen-bond donors (Lipinski definition) is 1. The second-order valence-electron chi connectivity index (χ2n) is 3.93. The highest BCUT2D eigenvalue weighted by Gasteiger charge is 2.13. The standard InChI is InChI=1S/C12H17N3O/c1-3-9-7-10(15(2)14-9)8-11(13)12-5-4-6-16-12/h4-7,11H,3,8,13H2,1-2H3. The molecule has 0 aliphatic carbocycles. The molecule has 0 aromatic carbocycles. The van der Waals surface area contributed by atoms with E-state index in [-0.39, 0.29) is 6.04 Å². The third-order valence-electron chi connectivity index (χ3n) is 2.73. The van der Waals surface area contributed by atoms with Gasteiger partial charge >= 0.3 is 0 Å². The summed E-state index contributed by atoms with van der Waals surface area (Å²) in [6, 6.07) is 5.76. The molecule has 0 radical (unpaired) electrons. The molecule has 0 saturated heterocycles. The molecular weight excluding hydrogens is 202 g/mol. The molecule has 1 atom stereocenters. The van der Waals surface area contributed by atoms with Crippen LogP contribution in [0, 0.1) is 0 Å². The van der Waals surface area contributed by atoms with Gasteiger partial charge in [0.05, 0.1) is 18.0 Å². The van der Waals surface area contributed by atoms with E-state index in [4.69, 9.17) is 10.2 Å². The van der Waals surface area contributed by atoms with Crippen molar-refractivity contribution in [3.05, 3.63) is 41.6 Å². The van der Waals surface area contributed by atoms with Crippen molar-refractivity contribution in [3.63, 3.8) is 0 Å². The fraction of sp³-hybridized carbons (Fsp3) is 0.417. The summed E-state index contributed by atoms with van der Waals surface area (Å²) in [6.07, 6.45) is 3.34. The van der Waals surface area contributed by atoms with Gasteiger partial charge in [0.15, 0.2) is 0 Å². The highest BCUT2D eigenvalue weighted by Crippen LogP contribution is 2.16.